The van der Waals surface area contributed by atoms with E-state index in [1.807, 2.05) is 12.1 Å². The van der Waals surface area contributed by atoms with Gasteiger partial charge in [0.15, 0.2) is 5.25 Å². The number of thiazole rings is 1. The van der Waals surface area contributed by atoms with E-state index in [9.17, 15) is 20.0 Å². The van der Waals surface area contributed by atoms with Crippen LogP contribution in [0.5, 0.6) is 0 Å². The van der Waals surface area contributed by atoms with Gasteiger partial charge in [0, 0.05) is 22.7 Å². The van der Waals surface area contributed by atoms with E-state index in [4.69, 9.17) is 11.6 Å². The monoisotopic (exact) mass is 406 g/mol. The largest absolute Gasteiger partial charge is 0.480 e. The summed E-state index contributed by atoms with van der Waals surface area (Å²) in [4.78, 5) is 26.8. The van der Waals surface area contributed by atoms with Crippen LogP contribution in [0, 0.1) is 10.1 Å². The number of hydrogen-bond acceptors (Lipinski definition) is 6. The fourth-order valence-electron chi connectivity index (χ4n) is 2.29. The maximum Gasteiger partial charge on any atom is 0.323 e. The van der Waals surface area contributed by atoms with Gasteiger partial charge in [0.2, 0.25) is 0 Å². The third-order valence-corrected chi connectivity index (χ3v) is 5.63. The van der Waals surface area contributed by atoms with E-state index in [1.54, 1.807) is 24.3 Å². The van der Waals surface area contributed by atoms with Crippen molar-refractivity contribution in [1.29, 1.82) is 0 Å². The first-order valence-electron chi connectivity index (χ1n) is 7.29. The van der Waals surface area contributed by atoms with Crippen molar-refractivity contribution in [2.45, 2.75) is 5.25 Å². The number of carboxylic acid groups (broad SMARTS) is 1. The zero-order chi connectivity index (χ0) is 18.8. The van der Waals surface area contributed by atoms with Gasteiger partial charge < -0.3 is 5.11 Å². The second-order valence-electron chi connectivity index (χ2n) is 5.28. The average molecular weight is 407 g/mol. The zero-order valence-electron chi connectivity index (χ0n) is 13.0. The van der Waals surface area contributed by atoms with E-state index in [2.05, 4.69) is 17.6 Å². The van der Waals surface area contributed by atoms with Crippen LogP contribution in [0.25, 0.3) is 21.7 Å². The van der Waals surface area contributed by atoms with Crippen molar-refractivity contribution in [3.8, 4) is 21.7 Å². The summed E-state index contributed by atoms with van der Waals surface area (Å²) in [7, 11) is 0. The molecule has 0 aliphatic heterocycles. The van der Waals surface area contributed by atoms with Crippen molar-refractivity contribution in [2.24, 2.45) is 0 Å². The highest BCUT2D eigenvalue weighted by Gasteiger charge is 2.23. The van der Waals surface area contributed by atoms with Crippen molar-refractivity contribution in [3.05, 3.63) is 68.7 Å². The highest BCUT2D eigenvalue weighted by molar-refractivity contribution is 7.81. The Kier molecular flexibility index (Phi) is 5.26. The molecule has 0 fully saturated rings. The molecule has 6 nitrogen and oxygen atoms in total. The van der Waals surface area contributed by atoms with Gasteiger partial charge >= 0.3 is 5.97 Å². The van der Waals surface area contributed by atoms with Gasteiger partial charge in [0.05, 0.1) is 15.5 Å². The number of nitro groups is 1. The molecule has 1 N–H and O–H groups in total. The first kappa shape index (κ1) is 18.4. The fourth-order valence-corrected chi connectivity index (χ4v) is 3.71. The molecule has 0 aliphatic rings. The SMILES string of the molecule is O=C(O)C(S)c1nc(-c2ccc([N+](=O)[O-])cc2)c(-c2ccc(Cl)cc2)s1. The number of non-ortho nitro benzene ring substituents is 1. The summed E-state index contributed by atoms with van der Waals surface area (Å²) >= 11 is 11.2. The molecule has 1 heterocycles. The van der Waals surface area contributed by atoms with E-state index < -0.39 is 16.1 Å². The maximum absolute atomic E-state index is 11.3. The van der Waals surface area contributed by atoms with E-state index >= 15 is 0 Å². The van der Waals surface area contributed by atoms with Gasteiger partial charge in [-0.15, -0.1) is 11.3 Å². The molecule has 0 amide bonds. The van der Waals surface area contributed by atoms with Crippen LogP contribution in [-0.4, -0.2) is 21.0 Å². The average Bonchev–Trinajstić information content (AvgIpc) is 3.07. The smallest absolute Gasteiger partial charge is 0.323 e. The van der Waals surface area contributed by atoms with Gasteiger partial charge in [0.1, 0.15) is 5.01 Å². The summed E-state index contributed by atoms with van der Waals surface area (Å²) < 4.78 is 0. The molecule has 3 rings (SSSR count). The molecular weight excluding hydrogens is 396 g/mol. The second kappa shape index (κ2) is 7.45. The molecule has 0 bridgehead atoms. The minimum absolute atomic E-state index is 0.0325. The number of halogens is 1. The third kappa shape index (κ3) is 3.72. The van der Waals surface area contributed by atoms with Crippen molar-refractivity contribution < 1.29 is 14.8 Å². The van der Waals surface area contributed by atoms with Gasteiger partial charge in [-0.25, -0.2) is 4.98 Å². The van der Waals surface area contributed by atoms with Crippen LogP contribution >= 0.6 is 35.6 Å². The topological polar surface area (TPSA) is 93.3 Å². The van der Waals surface area contributed by atoms with Gasteiger partial charge in [-0.1, -0.05) is 23.7 Å². The van der Waals surface area contributed by atoms with E-state index in [0.29, 0.717) is 21.3 Å². The van der Waals surface area contributed by atoms with Gasteiger partial charge in [-0.05, 0) is 29.8 Å². The summed E-state index contributed by atoms with van der Waals surface area (Å²) in [6, 6.07) is 13.0. The highest BCUT2D eigenvalue weighted by atomic mass is 35.5. The molecule has 9 heteroatoms. The minimum Gasteiger partial charge on any atom is -0.480 e. The van der Waals surface area contributed by atoms with Crippen LogP contribution in [0.15, 0.2) is 48.5 Å². The quantitative estimate of drug-likeness (QED) is 0.349. The Hall–Kier alpha value is -2.42. The van der Waals surface area contributed by atoms with Gasteiger partial charge in [-0.3, -0.25) is 14.9 Å². The van der Waals surface area contributed by atoms with Crippen LogP contribution < -0.4 is 0 Å². The zero-order valence-corrected chi connectivity index (χ0v) is 15.5. The molecule has 3 aromatic rings. The number of aromatic nitrogens is 1. The molecular formula is C17H11ClN2O4S2. The standard InChI is InChI=1S/C17H11ClN2O4S2/c18-11-5-1-10(2-6-11)15-13(19-16(26-15)14(25)17(21)22)9-3-7-12(8-4-9)20(23)24/h1-8,14,25H,(H,21,22). The van der Waals surface area contributed by atoms with Crippen LogP contribution in [0.2, 0.25) is 5.02 Å². The lowest BCUT2D eigenvalue weighted by molar-refractivity contribution is -0.384. The molecule has 132 valence electrons. The molecule has 1 aromatic heterocycles. The van der Waals surface area contributed by atoms with Crippen molar-refractivity contribution in [1.82, 2.24) is 4.98 Å². The summed E-state index contributed by atoms with van der Waals surface area (Å²) in [5.74, 6) is -1.10. The third-order valence-electron chi connectivity index (χ3n) is 3.57. The highest BCUT2D eigenvalue weighted by Crippen LogP contribution is 2.40. The number of aliphatic carboxylic acids is 1. The van der Waals surface area contributed by atoms with Crippen LogP contribution in [0.4, 0.5) is 5.69 Å². The first-order valence-corrected chi connectivity index (χ1v) is 9.00. The van der Waals surface area contributed by atoms with Gasteiger partial charge in [0.25, 0.3) is 5.69 Å². The van der Waals surface area contributed by atoms with Crippen LogP contribution in [-0.2, 0) is 4.79 Å². The normalized spacial score (nSPS) is 11.9. The number of nitrogens with zero attached hydrogens (tertiary/aromatic N) is 2. The molecule has 0 spiro atoms. The number of hydrogen-bond donors (Lipinski definition) is 2. The maximum atomic E-state index is 11.3. The fraction of sp³-hybridized carbons (Fsp3) is 0.0588. The number of nitro benzene ring substituents is 1. The van der Waals surface area contributed by atoms with Crippen LogP contribution in [0.1, 0.15) is 10.3 Å². The molecule has 2 aromatic carbocycles. The molecule has 1 atom stereocenters. The van der Waals surface area contributed by atoms with Crippen molar-refractivity contribution >= 4 is 47.2 Å². The Morgan fingerprint density at radius 1 is 1.15 bits per heavy atom. The van der Waals surface area contributed by atoms with E-state index in [-0.39, 0.29) is 5.69 Å². The predicted molar refractivity (Wildman–Crippen MR) is 104 cm³/mol. The Morgan fingerprint density at radius 2 is 1.73 bits per heavy atom. The lowest BCUT2D eigenvalue weighted by Crippen LogP contribution is -2.04. The number of rotatable bonds is 5. The van der Waals surface area contributed by atoms with Crippen LogP contribution in [0.3, 0.4) is 0 Å². The summed E-state index contributed by atoms with van der Waals surface area (Å²) in [6.07, 6.45) is 0. The molecule has 1 unspecified atom stereocenters. The Bertz CT molecular complexity index is 971. The summed E-state index contributed by atoms with van der Waals surface area (Å²) in [5, 5.41) is 19.9. The van der Waals surface area contributed by atoms with E-state index in [1.165, 1.54) is 23.5 Å². The predicted octanol–water partition coefficient (Wildman–Crippen LogP) is 5.09. The molecule has 0 saturated carbocycles. The molecule has 0 radical (unpaired) electrons. The lowest BCUT2D eigenvalue weighted by Gasteiger charge is -2.03. The summed E-state index contributed by atoms with van der Waals surface area (Å²) in [5.41, 5.74) is 1.98. The first-order chi connectivity index (χ1) is 12.4. The number of benzene rings is 2. The second-order valence-corrected chi connectivity index (χ2v) is 7.26. The molecule has 0 aliphatic carbocycles. The van der Waals surface area contributed by atoms with Crippen molar-refractivity contribution in [2.75, 3.05) is 0 Å². The van der Waals surface area contributed by atoms with Crippen molar-refractivity contribution in [3.63, 3.8) is 0 Å². The Balaban J connectivity index is 2.13. The number of carboxylic acids is 1. The number of carbonyl (C=O) groups is 1. The summed E-state index contributed by atoms with van der Waals surface area (Å²) in [6.45, 7) is 0. The Labute approximate surface area is 162 Å². The molecule has 0 saturated heterocycles. The minimum atomic E-state index is -1.10. The van der Waals surface area contributed by atoms with Gasteiger partial charge in [-0.2, -0.15) is 12.6 Å². The molecule has 26 heavy (non-hydrogen) atoms. The van der Waals surface area contributed by atoms with E-state index in [0.717, 1.165) is 10.4 Å². The Morgan fingerprint density at radius 3 is 2.27 bits per heavy atom. The lowest BCUT2D eigenvalue weighted by atomic mass is 10.1. The number of thiol groups is 1.